The number of hydrogen-bond donors (Lipinski definition) is 1. The van der Waals surface area contributed by atoms with E-state index in [-0.39, 0.29) is 5.54 Å². The molecular formula is C14H24N2S. The molecule has 2 nitrogen and oxygen atoms in total. The van der Waals surface area contributed by atoms with Gasteiger partial charge in [-0.1, -0.05) is 32.1 Å². The maximum absolute atomic E-state index is 6.59. The highest BCUT2D eigenvalue weighted by Gasteiger charge is 2.27. The van der Waals surface area contributed by atoms with Gasteiger partial charge < -0.3 is 5.73 Å². The van der Waals surface area contributed by atoms with Crippen molar-refractivity contribution in [3.8, 4) is 0 Å². The molecule has 0 unspecified atom stereocenters. The van der Waals surface area contributed by atoms with Crippen molar-refractivity contribution in [2.75, 3.05) is 0 Å². The fourth-order valence-electron chi connectivity index (χ4n) is 2.70. The van der Waals surface area contributed by atoms with E-state index in [0.717, 1.165) is 6.42 Å². The van der Waals surface area contributed by atoms with E-state index < -0.39 is 0 Å². The van der Waals surface area contributed by atoms with Crippen LogP contribution in [0, 0.1) is 13.8 Å². The SMILES string of the molecule is Cc1nc(CC2(N)CCCCCCC2)sc1C. The normalized spacial score (nSPS) is 20.9. The third-order valence-corrected chi connectivity index (χ3v) is 5.00. The molecule has 1 aliphatic rings. The van der Waals surface area contributed by atoms with Gasteiger partial charge in [-0.3, -0.25) is 0 Å². The number of aromatic nitrogens is 1. The van der Waals surface area contributed by atoms with E-state index in [0.29, 0.717) is 0 Å². The maximum Gasteiger partial charge on any atom is 0.0949 e. The first kappa shape index (κ1) is 13.0. The number of aryl methyl sites for hydroxylation is 2. The lowest BCUT2D eigenvalue weighted by molar-refractivity contribution is 0.314. The third kappa shape index (κ3) is 3.52. The van der Waals surface area contributed by atoms with Gasteiger partial charge >= 0.3 is 0 Å². The summed E-state index contributed by atoms with van der Waals surface area (Å²) in [7, 11) is 0. The molecule has 2 N–H and O–H groups in total. The van der Waals surface area contributed by atoms with Gasteiger partial charge in [0.25, 0.3) is 0 Å². The van der Waals surface area contributed by atoms with Crippen molar-refractivity contribution < 1.29 is 0 Å². The van der Waals surface area contributed by atoms with Crippen LogP contribution in [-0.4, -0.2) is 10.5 Å². The number of nitrogens with two attached hydrogens (primary N) is 1. The molecule has 0 saturated heterocycles. The fraction of sp³-hybridized carbons (Fsp3) is 0.786. The average molecular weight is 252 g/mol. The van der Waals surface area contributed by atoms with Crippen LogP contribution < -0.4 is 5.73 Å². The lowest BCUT2D eigenvalue weighted by Gasteiger charge is -2.30. The molecule has 1 aliphatic carbocycles. The molecule has 1 fully saturated rings. The van der Waals surface area contributed by atoms with E-state index in [4.69, 9.17) is 5.73 Å². The molecule has 0 bridgehead atoms. The molecule has 0 aliphatic heterocycles. The van der Waals surface area contributed by atoms with Gasteiger partial charge in [0, 0.05) is 16.8 Å². The predicted octanol–water partition coefficient (Wildman–Crippen LogP) is 3.74. The Kier molecular flexibility index (Phi) is 4.21. The zero-order valence-corrected chi connectivity index (χ0v) is 11.9. The molecule has 0 radical (unpaired) electrons. The van der Waals surface area contributed by atoms with Crippen LogP contribution in [0.3, 0.4) is 0 Å². The van der Waals surface area contributed by atoms with Gasteiger partial charge in [-0.2, -0.15) is 0 Å². The molecule has 1 aromatic rings. The predicted molar refractivity (Wildman–Crippen MR) is 74.5 cm³/mol. The van der Waals surface area contributed by atoms with Crippen molar-refractivity contribution in [1.82, 2.24) is 4.98 Å². The molecular weight excluding hydrogens is 228 g/mol. The summed E-state index contributed by atoms with van der Waals surface area (Å²) in [5, 5.41) is 1.24. The quantitative estimate of drug-likeness (QED) is 0.870. The van der Waals surface area contributed by atoms with E-state index in [1.807, 2.05) is 11.3 Å². The molecule has 1 saturated carbocycles. The molecule has 0 atom stereocenters. The zero-order valence-electron chi connectivity index (χ0n) is 11.1. The topological polar surface area (TPSA) is 38.9 Å². The van der Waals surface area contributed by atoms with Gasteiger partial charge in [-0.15, -0.1) is 11.3 Å². The Morgan fingerprint density at radius 3 is 2.24 bits per heavy atom. The van der Waals surface area contributed by atoms with E-state index >= 15 is 0 Å². The van der Waals surface area contributed by atoms with Crippen molar-refractivity contribution in [2.24, 2.45) is 5.73 Å². The molecule has 3 heteroatoms. The second-order valence-electron chi connectivity index (χ2n) is 5.56. The molecule has 1 heterocycles. The van der Waals surface area contributed by atoms with E-state index in [9.17, 15) is 0 Å². The Labute approximate surface area is 109 Å². The van der Waals surface area contributed by atoms with Crippen LogP contribution in [-0.2, 0) is 6.42 Å². The van der Waals surface area contributed by atoms with Crippen molar-refractivity contribution in [3.05, 3.63) is 15.6 Å². The van der Waals surface area contributed by atoms with Crippen molar-refractivity contribution >= 4 is 11.3 Å². The summed E-state index contributed by atoms with van der Waals surface area (Å²) in [5.41, 5.74) is 7.78. The van der Waals surface area contributed by atoms with Crippen LogP contribution in [0.1, 0.15) is 60.5 Å². The van der Waals surface area contributed by atoms with Gasteiger partial charge in [0.05, 0.1) is 10.7 Å². The van der Waals surface area contributed by atoms with Crippen LogP contribution in [0.25, 0.3) is 0 Å². The molecule has 96 valence electrons. The molecule has 2 rings (SSSR count). The van der Waals surface area contributed by atoms with Gasteiger partial charge in [0.15, 0.2) is 0 Å². The number of hydrogen-bond acceptors (Lipinski definition) is 3. The van der Waals surface area contributed by atoms with E-state index in [2.05, 4.69) is 18.8 Å². The monoisotopic (exact) mass is 252 g/mol. The number of nitrogens with zero attached hydrogens (tertiary/aromatic N) is 1. The summed E-state index contributed by atoms with van der Waals surface area (Å²) in [5.74, 6) is 0. The lowest BCUT2D eigenvalue weighted by Crippen LogP contribution is -2.42. The second kappa shape index (κ2) is 5.49. The Morgan fingerprint density at radius 1 is 1.12 bits per heavy atom. The van der Waals surface area contributed by atoms with E-state index in [1.54, 1.807) is 0 Å². The minimum Gasteiger partial charge on any atom is -0.325 e. The first-order valence-electron chi connectivity index (χ1n) is 6.81. The number of thiazole rings is 1. The molecule has 0 aromatic carbocycles. The molecule has 0 spiro atoms. The van der Waals surface area contributed by atoms with Crippen LogP contribution in [0.4, 0.5) is 0 Å². The van der Waals surface area contributed by atoms with Gasteiger partial charge in [-0.25, -0.2) is 4.98 Å². The van der Waals surface area contributed by atoms with E-state index in [1.165, 1.54) is 60.5 Å². The summed E-state index contributed by atoms with van der Waals surface area (Å²) < 4.78 is 0. The Hall–Kier alpha value is -0.410. The van der Waals surface area contributed by atoms with Crippen LogP contribution >= 0.6 is 11.3 Å². The fourth-order valence-corrected chi connectivity index (χ4v) is 3.79. The van der Waals surface area contributed by atoms with Crippen LogP contribution in [0.5, 0.6) is 0 Å². The summed E-state index contributed by atoms with van der Waals surface area (Å²) in [6.07, 6.45) is 10.0. The first-order valence-corrected chi connectivity index (χ1v) is 7.62. The zero-order chi connectivity index (χ0) is 12.3. The largest absolute Gasteiger partial charge is 0.325 e. The van der Waals surface area contributed by atoms with Crippen molar-refractivity contribution in [2.45, 2.75) is 70.8 Å². The second-order valence-corrected chi connectivity index (χ2v) is 6.84. The van der Waals surface area contributed by atoms with Crippen molar-refractivity contribution in [3.63, 3.8) is 0 Å². The summed E-state index contributed by atoms with van der Waals surface area (Å²) >= 11 is 1.83. The smallest absolute Gasteiger partial charge is 0.0949 e. The highest BCUT2D eigenvalue weighted by Crippen LogP contribution is 2.29. The Bertz CT molecular complexity index is 343. The lowest BCUT2D eigenvalue weighted by atomic mass is 9.82. The van der Waals surface area contributed by atoms with Crippen molar-refractivity contribution in [1.29, 1.82) is 0 Å². The third-order valence-electron chi connectivity index (χ3n) is 3.93. The summed E-state index contributed by atoms with van der Waals surface area (Å²) in [6, 6.07) is 0. The van der Waals surface area contributed by atoms with Gasteiger partial charge in [-0.05, 0) is 26.7 Å². The average Bonchev–Trinajstić information content (AvgIpc) is 2.53. The number of rotatable bonds is 2. The Balaban J connectivity index is 2.03. The standard InChI is InChI=1S/C14H24N2S/c1-11-12(2)17-13(16-11)10-14(15)8-6-4-3-5-7-9-14/h3-10,15H2,1-2H3. The molecule has 1 aromatic heterocycles. The highest BCUT2D eigenvalue weighted by molar-refractivity contribution is 7.11. The maximum atomic E-state index is 6.59. The Morgan fingerprint density at radius 2 is 1.71 bits per heavy atom. The minimum absolute atomic E-state index is 0.0111. The summed E-state index contributed by atoms with van der Waals surface area (Å²) in [4.78, 5) is 5.98. The summed E-state index contributed by atoms with van der Waals surface area (Å²) in [6.45, 7) is 4.24. The van der Waals surface area contributed by atoms with Gasteiger partial charge in [0.2, 0.25) is 0 Å². The van der Waals surface area contributed by atoms with Crippen LogP contribution in [0.2, 0.25) is 0 Å². The minimum atomic E-state index is 0.0111. The van der Waals surface area contributed by atoms with Gasteiger partial charge in [0.1, 0.15) is 0 Å². The molecule has 0 amide bonds. The molecule has 17 heavy (non-hydrogen) atoms. The first-order chi connectivity index (χ1) is 8.09. The highest BCUT2D eigenvalue weighted by atomic mass is 32.1. The van der Waals surface area contributed by atoms with Crippen LogP contribution in [0.15, 0.2) is 0 Å².